The minimum absolute atomic E-state index is 0.139. The standard InChI is InChI=1S/C25H35N5O/c1-5-6-10-27-25-19(3)23(8-7-21(25)14-26)30-15-18(2)12-22(17-30)28-24(31)13-20-9-11-29(4)16-20/h5-8,10,18,20,22H,9,11-13,15-17H2,1-4H3,(H,28,31)/b6-5+,27-10-/t18-,20?,22+/m0/s1. The lowest BCUT2D eigenvalue weighted by Gasteiger charge is -2.39. The zero-order chi connectivity index (χ0) is 22.4. The number of benzene rings is 1. The van der Waals surface area contributed by atoms with Crippen LogP contribution in [0.15, 0.2) is 29.3 Å². The van der Waals surface area contributed by atoms with E-state index in [4.69, 9.17) is 0 Å². The second kappa shape index (κ2) is 10.6. The molecule has 2 aliphatic heterocycles. The number of anilines is 1. The summed E-state index contributed by atoms with van der Waals surface area (Å²) in [6, 6.07) is 6.27. The number of hydrogen-bond donors (Lipinski definition) is 1. The van der Waals surface area contributed by atoms with E-state index in [0.717, 1.165) is 56.0 Å². The minimum atomic E-state index is 0.139. The number of nitrogens with one attached hydrogen (secondary N) is 1. The van der Waals surface area contributed by atoms with Gasteiger partial charge in [0.1, 0.15) is 6.07 Å². The first-order valence-corrected chi connectivity index (χ1v) is 11.3. The van der Waals surface area contributed by atoms with E-state index >= 15 is 0 Å². The summed E-state index contributed by atoms with van der Waals surface area (Å²) in [4.78, 5) is 21.8. The molecule has 2 fully saturated rings. The quantitative estimate of drug-likeness (QED) is 0.709. The molecule has 6 heteroatoms. The van der Waals surface area contributed by atoms with Gasteiger partial charge in [-0.25, -0.2) is 0 Å². The minimum Gasteiger partial charge on any atom is -0.369 e. The number of hydrogen-bond acceptors (Lipinski definition) is 5. The fourth-order valence-electron chi connectivity index (χ4n) is 4.89. The lowest BCUT2D eigenvalue weighted by Crippen LogP contribution is -2.50. The van der Waals surface area contributed by atoms with Gasteiger partial charge in [-0.3, -0.25) is 9.79 Å². The van der Waals surface area contributed by atoms with Crippen molar-refractivity contribution in [1.29, 1.82) is 5.26 Å². The molecule has 2 saturated heterocycles. The maximum atomic E-state index is 12.7. The Morgan fingerprint density at radius 2 is 2.16 bits per heavy atom. The van der Waals surface area contributed by atoms with Crippen LogP contribution < -0.4 is 10.2 Å². The molecule has 1 aromatic rings. The Morgan fingerprint density at radius 1 is 1.35 bits per heavy atom. The molecule has 1 unspecified atom stereocenters. The van der Waals surface area contributed by atoms with E-state index in [-0.39, 0.29) is 11.9 Å². The molecular formula is C25H35N5O. The second-order valence-corrected chi connectivity index (χ2v) is 9.15. The van der Waals surface area contributed by atoms with Crippen molar-refractivity contribution in [2.24, 2.45) is 16.8 Å². The maximum Gasteiger partial charge on any atom is 0.220 e. The molecule has 1 amide bonds. The van der Waals surface area contributed by atoms with Gasteiger partial charge >= 0.3 is 0 Å². The van der Waals surface area contributed by atoms with Crippen molar-refractivity contribution in [1.82, 2.24) is 10.2 Å². The van der Waals surface area contributed by atoms with Crippen molar-refractivity contribution < 1.29 is 4.79 Å². The highest BCUT2D eigenvalue weighted by atomic mass is 16.1. The summed E-state index contributed by atoms with van der Waals surface area (Å²) in [5, 5.41) is 12.8. The van der Waals surface area contributed by atoms with Crippen LogP contribution >= 0.6 is 0 Å². The molecule has 2 aliphatic rings. The van der Waals surface area contributed by atoms with E-state index in [0.29, 0.717) is 23.8 Å². The van der Waals surface area contributed by atoms with Gasteiger partial charge in [0, 0.05) is 44.0 Å². The summed E-state index contributed by atoms with van der Waals surface area (Å²) in [7, 11) is 2.12. The highest BCUT2D eigenvalue weighted by Crippen LogP contribution is 2.34. The summed E-state index contributed by atoms with van der Waals surface area (Å²) in [5.41, 5.74) is 3.41. The number of aliphatic imine (C=N–C) groups is 1. The monoisotopic (exact) mass is 421 g/mol. The van der Waals surface area contributed by atoms with Crippen LogP contribution in [0.25, 0.3) is 0 Å². The molecule has 0 saturated carbocycles. The lowest BCUT2D eigenvalue weighted by molar-refractivity contribution is -0.122. The molecule has 0 spiro atoms. The molecular weight excluding hydrogens is 386 g/mol. The predicted molar refractivity (Wildman–Crippen MR) is 127 cm³/mol. The third kappa shape index (κ3) is 5.95. The van der Waals surface area contributed by atoms with Crippen molar-refractivity contribution in [3.63, 3.8) is 0 Å². The summed E-state index contributed by atoms with van der Waals surface area (Å²) >= 11 is 0. The largest absolute Gasteiger partial charge is 0.369 e. The number of nitriles is 1. The zero-order valence-corrected chi connectivity index (χ0v) is 19.3. The Hall–Kier alpha value is -2.65. The molecule has 1 N–H and O–H groups in total. The van der Waals surface area contributed by atoms with Crippen molar-refractivity contribution in [3.8, 4) is 6.07 Å². The molecule has 1 aromatic carbocycles. The number of likely N-dealkylation sites (tertiary alicyclic amines) is 1. The molecule has 0 radical (unpaired) electrons. The molecule has 0 bridgehead atoms. The summed E-state index contributed by atoms with van der Waals surface area (Å²) in [6.45, 7) is 10.0. The Labute approximate surface area is 186 Å². The van der Waals surface area contributed by atoms with Crippen LogP contribution in [0, 0.1) is 30.1 Å². The van der Waals surface area contributed by atoms with Crippen LogP contribution in [0.4, 0.5) is 11.4 Å². The van der Waals surface area contributed by atoms with Crippen LogP contribution in [0.3, 0.4) is 0 Å². The van der Waals surface area contributed by atoms with Gasteiger partial charge in [0.15, 0.2) is 0 Å². The Balaban J connectivity index is 1.73. The first-order valence-electron chi connectivity index (χ1n) is 11.3. The second-order valence-electron chi connectivity index (χ2n) is 9.15. The van der Waals surface area contributed by atoms with Crippen molar-refractivity contribution >= 4 is 23.5 Å². The Morgan fingerprint density at radius 3 is 2.84 bits per heavy atom. The number of carbonyl (C=O) groups is 1. The van der Waals surface area contributed by atoms with E-state index in [9.17, 15) is 10.1 Å². The third-order valence-corrected chi connectivity index (χ3v) is 6.33. The average molecular weight is 422 g/mol. The Kier molecular flexibility index (Phi) is 7.86. The summed E-state index contributed by atoms with van der Waals surface area (Å²) in [5.74, 6) is 1.12. The van der Waals surface area contributed by atoms with Gasteiger partial charge < -0.3 is 15.1 Å². The van der Waals surface area contributed by atoms with E-state index in [2.05, 4.69) is 40.1 Å². The number of rotatable bonds is 6. The number of piperidine rings is 1. The lowest BCUT2D eigenvalue weighted by atomic mass is 9.93. The highest BCUT2D eigenvalue weighted by Gasteiger charge is 2.29. The van der Waals surface area contributed by atoms with Gasteiger partial charge in [0.05, 0.1) is 11.3 Å². The highest BCUT2D eigenvalue weighted by molar-refractivity contribution is 5.79. The topological polar surface area (TPSA) is 71.7 Å². The van der Waals surface area contributed by atoms with Gasteiger partial charge in [-0.1, -0.05) is 13.0 Å². The van der Waals surface area contributed by atoms with E-state index in [1.165, 1.54) is 0 Å². The first-order chi connectivity index (χ1) is 14.9. The first kappa shape index (κ1) is 23.0. The molecule has 31 heavy (non-hydrogen) atoms. The smallest absolute Gasteiger partial charge is 0.220 e. The molecule has 6 nitrogen and oxygen atoms in total. The van der Waals surface area contributed by atoms with E-state index in [1.807, 2.05) is 38.1 Å². The maximum absolute atomic E-state index is 12.7. The van der Waals surface area contributed by atoms with Crippen molar-refractivity contribution in [3.05, 3.63) is 35.4 Å². The van der Waals surface area contributed by atoms with Crippen molar-refractivity contribution in [2.45, 2.75) is 46.1 Å². The molecule has 3 atom stereocenters. The van der Waals surface area contributed by atoms with E-state index in [1.54, 1.807) is 6.21 Å². The van der Waals surface area contributed by atoms with Gasteiger partial charge in [0.2, 0.25) is 5.91 Å². The number of nitrogens with zero attached hydrogens (tertiary/aromatic N) is 4. The molecule has 3 rings (SSSR count). The van der Waals surface area contributed by atoms with Crippen LogP contribution in [-0.4, -0.2) is 56.3 Å². The molecule has 166 valence electrons. The average Bonchev–Trinajstić information content (AvgIpc) is 3.13. The number of carbonyl (C=O) groups excluding carboxylic acids is 1. The van der Waals surface area contributed by atoms with Crippen LogP contribution in [-0.2, 0) is 4.79 Å². The van der Waals surface area contributed by atoms with Gasteiger partial charge in [-0.05, 0) is 75.9 Å². The van der Waals surface area contributed by atoms with Gasteiger partial charge in [-0.15, -0.1) is 0 Å². The number of allylic oxidation sites excluding steroid dienone is 2. The fourth-order valence-corrected chi connectivity index (χ4v) is 4.89. The SMILES string of the molecule is C/C=C/C=N\c1c(C#N)ccc(N2C[C@@H](C)C[C@@H](NC(=O)CC3CCN(C)C3)C2)c1C. The van der Waals surface area contributed by atoms with Crippen LogP contribution in [0.1, 0.15) is 44.2 Å². The third-order valence-electron chi connectivity index (χ3n) is 6.33. The van der Waals surface area contributed by atoms with Crippen molar-refractivity contribution in [2.75, 3.05) is 38.1 Å². The fraction of sp³-hybridized carbons (Fsp3) is 0.560. The summed E-state index contributed by atoms with van der Waals surface area (Å²) < 4.78 is 0. The normalized spacial score (nSPS) is 24.7. The summed E-state index contributed by atoms with van der Waals surface area (Å²) in [6.07, 6.45) is 8.23. The van der Waals surface area contributed by atoms with E-state index < -0.39 is 0 Å². The van der Waals surface area contributed by atoms with Gasteiger partial charge in [-0.2, -0.15) is 5.26 Å². The predicted octanol–water partition coefficient (Wildman–Crippen LogP) is 3.82. The molecule has 2 heterocycles. The zero-order valence-electron chi connectivity index (χ0n) is 19.3. The van der Waals surface area contributed by atoms with Gasteiger partial charge in [0.25, 0.3) is 0 Å². The Bertz CT molecular complexity index is 885. The number of amides is 1. The molecule has 0 aliphatic carbocycles. The molecule has 0 aromatic heterocycles. The van der Waals surface area contributed by atoms with Crippen LogP contribution in [0.5, 0.6) is 0 Å². The van der Waals surface area contributed by atoms with Crippen LogP contribution in [0.2, 0.25) is 0 Å².